The van der Waals surface area contributed by atoms with E-state index in [1.54, 1.807) is 11.9 Å². The minimum atomic E-state index is -4.47. The van der Waals surface area contributed by atoms with E-state index in [9.17, 15) is 22.4 Å². The molecule has 1 atom stereocenters. The Morgan fingerprint density at radius 1 is 1.23 bits per heavy atom. The van der Waals surface area contributed by atoms with E-state index in [4.69, 9.17) is 0 Å². The van der Waals surface area contributed by atoms with Gasteiger partial charge in [-0.05, 0) is 49.2 Å². The van der Waals surface area contributed by atoms with Crippen molar-refractivity contribution in [2.24, 2.45) is 0 Å². The van der Waals surface area contributed by atoms with Gasteiger partial charge in [0.25, 0.3) is 0 Å². The molecule has 0 unspecified atom stereocenters. The molecule has 1 aliphatic heterocycles. The molecule has 1 amide bonds. The maximum atomic E-state index is 13.1. The zero-order valence-corrected chi connectivity index (χ0v) is 14.0. The van der Waals surface area contributed by atoms with Crippen molar-refractivity contribution >= 4 is 17.4 Å². The fourth-order valence-electron chi connectivity index (χ4n) is 3.06. The molecule has 2 heterocycles. The number of hydrogen-bond donors (Lipinski definition) is 0. The number of amides is 1. The van der Waals surface area contributed by atoms with Gasteiger partial charge in [0, 0.05) is 25.5 Å². The Bertz CT molecular complexity index is 792. The van der Waals surface area contributed by atoms with E-state index < -0.39 is 23.6 Å². The van der Waals surface area contributed by atoms with Gasteiger partial charge in [-0.15, -0.1) is 0 Å². The Labute approximate surface area is 148 Å². The molecule has 0 saturated carbocycles. The maximum Gasteiger partial charge on any atom is 0.416 e. The molecule has 3 rings (SSSR count). The molecule has 1 fully saturated rings. The summed E-state index contributed by atoms with van der Waals surface area (Å²) in [5, 5.41) is 0. The second kappa shape index (κ2) is 6.93. The molecule has 4 nitrogen and oxygen atoms in total. The molecule has 1 aromatic heterocycles. The predicted octanol–water partition coefficient (Wildman–Crippen LogP) is 3.87. The lowest BCUT2D eigenvalue weighted by molar-refractivity contribution is -0.137. The number of alkyl halides is 3. The zero-order valence-electron chi connectivity index (χ0n) is 14.0. The monoisotopic (exact) mass is 367 g/mol. The third kappa shape index (κ3) is 3.63. The van der Waals surface area contributed by atoms with Crippen LogP contribution in [0.5, 0.6) is 0 Å². The summed E-state index contributed by atoms with van der Waals surface area (Å²) < 4.78 is 51.9. The average molecular weight is 367 g/mol. The number of halogens is 4. The van der Waals surface area contributed by atoms with E-state index >= 15 is 0 Å². The van der Waals surface area contributed by atoms with E-state index in [0.29, 0.717) is 25.1 Å². The van der Waals surface area contributed by atoms with Crippen LogP contribution >= 0.6 is 0 Å². The van der Waals surface area contributed by atoms with Gasteiger partial charge in [-0.2, -0.15) is 13.2 Å². The topological polar surface area (TPSA) is 36.4 Å². The summed E-state index contributed by atoms with van der Waals surface area (Å²) in [7, 11) is 1.56. The lowest BCUT2D eigenvalue weighted by Gasteiger charge is -2.29. The van der Waals surface area contributed by atoms with Crippen molar-refractivity contribution in [3.63, 3.8) is 0 Å². The summed E-state index contributed by atoms with van der Waals surface area (Å²) in [4.78, 5) is 19.8. The largest absolute Gasteiger partial charge is 0.416 e. The lowest BCUT2D eigenvalue weighted by Crippen LogP contribution is -2.44. The van der Waals surface area contributed by atoms with E-state index in [-0.39, 0.29) is 11.7 Å². The van der Waals surface area contributed by atoms with Crippen LogP contribution in [0.15, 0.2) is 42.6 Å². The molecule has 138 valence electrons. The number of likely N-dealkylation sites (N-methyl/N-ethyl adjacent to an activating group) is 1. The number of rotatable bonds is 3. The zero-order chi connectivity index (χ0) is 18.9. The summed E-state index contributed by atoms with van der Waals surface area (Å²) in [6.07, 6.45) is -2.18. The van der Waals surface area contributed by atoms with Crippen molar-refractivity contribution in [2.45, 2.75) is 25.1 Å². The van der Waals surface area contributed by atoms with Gasteiger partial charge in [0.2, 0.25) is 5.91 Å². The highest BCUT2D eigenvalue weighted by Gasteiger charge is 2.36. The van der Waals surface area contributed by atoms with Gasteiger partial charge in [-0.3, -0.25) is 4.79 Å². The summed E-state index contributed by atoms with van der Waals surface area (Å²) in [6.45, 7) is 0.446. The van der Waals surface area contributed by atoms with Gasteiger partial charge >= 0.3 is 6.18 Å². The lowest BCUT2D eigenvalue weighted by atomic mass is 10.1. The molecule has 26 heavy (non-hydrogen) atoms. The first-order valence-corrected chi connectivity index (χ1v) is 8.10. The molecule has 1 aromatic carbocycles. The summed E-state index contributed by atoms with van der Waals surface area (Å²) >= 11 is 0. The third-order valence-electron chi connectivity index (χ3n) is 4.45. The smallest absolute Gasteiger partial charge is 0.345 e. The van der Waals surface area contributed by atoms with Gasteiger partial charge in [0.05, 0.1) is 5.56 Å². The van der Waals surface area contributed by atoms with E-state index in [1.165, 1.54) is 29.2 Å². The van der Waals surface area contributed by atoms with Gasteiger partial charge in [0.1, 0.15) is 17.7 Å². The van der Waals surface area contributed by atoms with Crippen LogP contribution in [-0.2, 0) is 11.0 Å². The molecular weight excluding hydrogens is 350 g/mol. The number of anilines is 2. The third-order valence-corrected chi connectivity index (χ3v) is 4.45. The van der Waals surface area contributed by atoms with E-state index in [1.807, 2.05) is 0 Å². The van der Waals surface area contributed by atoms with Crippen molar-refractivity contribution in [2.75, 3.05) is 23.4 Å². The normalized spacial score (nSPS) is 17.4. The molecule has 0 bridgehead atoms. The highest BCUT2D eigenvalue weighted by atomic mass is 19.4. The second-order valence-electron chi connectivity index (χ2n) is 6.13. The van der Waals surface area contributed by atoms with Gasteiger partial charge in [0.15, 0.2) is 0 Å². The predicted molar refractivity (Wildman–Crippen MR) is 89.4 cm³/mol. The fourth-order valence-corrected chi connectivity index (χ4v) is 3.06. The first kappa shape index (κ1) is 18.2. The standard InChI is InChI=1S/C18H17F4N3O/c1-24(14-6-4-13(19)5-7-14)17(26)15-3-2-10-25(15)16-11-12(8-9-23-16)18(20,21)22/h4-9,11,15H,2-3,10H2,1H3/t15-/m0/s1. The van der Waals surface area contributed by atoms with Crippen LogP contribution in [-0.4, -0.2) is 30.5 Å². The summed E-state index contributed by atoms with van der Waals surface area (Å²) in [6, 6.07) is 6.72. The van der Waals surface area contributed by atoms with Crippen molar-refractivity contribution < 1.29 is 22.4 Å². The molecule has 0 spiro atoms. The van der Waals surface area contributed by atoms with Crippen LogP contribution in [0.3, 0.4) is 0 Å². The summed E-state index contributed by atoms with van der Waals surface area (Å²) in [5.41, 5.74) is -0.285. The highest BCUT2D eigenvalue weighted by molar-refractivity contribution is 5.98. The quantitative estimate of drug-likeness (QED) is 0.773. The Kier molecular flexibility index (Phi) is 4.84. The van der Waals surface area contributed by atoms with Crippen molar-refractivity contribution in [1.29, 1.82) is 0 Å². The minimum Gasteiger partial charge on any atom is -0.345 e. The molecule has 1 aliphatic rings. The molecular formula is C18H17F4N3O. The number of pyridine rings is 1. The number of carbonyl (C=O) groups is 1. The van der Waals surface area contributed by atoms with Crippen LogP contribution in [0.2, 0.25) is 0 Å². The van der Waals surface area contributed by atoms with E-state index in [0.717, 1.165) is 18.3 Å². The number of carbonyl (C=O) groups excluding carboxylic acids is 1. The number of benzene rings is 1. The van der Waals surface area contributed by atoms with Crippen molar-refractivity contribution in [3.8, 4) is 0 Å². The molecule has 0 aliphatic carbocycles. The van der Waals surface area contributed by atoms with Crippen LogP contribution < -0.4 is 9.80 Å². The molecule has 0 N–H and O–H groups in total. The molecule has 8 heteroatoms. The molecule has 2 aromatic rings. The van der Waals surface area contributed by atoms with Gasteiger partial charge < -0.3 is 9.80 Å². The van der Waals surface area contributed by atoms with Crippen LogP contribution in [0.1, 0.15) is 18.4 Å². The van der Waals surface area contributed by atoms with E-state index in [2.05, 4.69) is 4.98 Å². The first-order chi connectivity index (χ1) is 12.3. The number of aromatic nitrogens is 1. The molecule has 0 radical (unpaired) electrons. The number of hydrogen-bond acceptors (Lipinski definition) is 3. The Hall–Kier alpha value is -2.64. The Morgan fingerprint density at radius 3 is 2.58 bits per heavy atom. The Balaban J connectivity index is 1.84. The second-order valence-corrected chi connectivity index (χ2v) is 6.13. The average Bonchev–Trinajstić information content (AvgIpc) is 3.10. The van der Waals surface area contributed by atoms with Gasteiger partial charge in [-0.25, -0.2) is 9.37 Å². The minimum absolute atomic E-state index is 0.128. The Morgan fingerprint density at radius 2 is 1.92 bits per heavy atom. The van der Waals surface area contributed by atoms with Crippen molar-refractivity contribution in [1.82, 2.24) is 4.98 Å². The van der Waals surface area contributed by atoms with Crippen LogP contribution in [0.4, 0.5) is 29.1 Å². The molecule has 1 saturated heterocycles. The maximum absolute atomic E-state index is 13.1. The first-order valence-electron chi connectivity index (χ1n) is 8.10. The van der Waals surface area contributed by atoms with Gasteiger partial charge in [-0.1, -0.05) is 0 Å². The van der Waals surface area contributed by atoms with Crippen LogP contribution in [0, 0.1) is 5.82 Å². The van der Waals surface area contributed by atoms with Crippen LogP contribution in [0.25, 0.3) is 0 Å². The fraction of sp³-hybridized carbons (Fsp3) is 0.333. The van der Waals surface area contributed by atoms with Crippen molar-refractivity contribution in [3.05, 3.63) is 54.0 Å². The SMILES string of the molecule is CN(C(=O)[C@@H]1CCCN1c1cc(C(F)(F)F)ccn1)c1ccc(F)cc1. The summed E-state index contributed by atoms with van der Waals surface area (Å²) in [5.74, 6) is -0.554. The highest BCUT2D eigenvalue weighted by Crippen LogP contribution is 2.33. The number of nitrogens with zero attached hydrogens (tertiary/aromatic N) is 3.